The number of hydrazine groups is 1. The third-order valence-electron chi connectivity index (χ3n) is 4.76. The molecule has 34 heavy (non-hydrogen) atoms. The van der Waals surface area contributed by atoms with Crippen molar-refractivity contribution in [1.82, 2.24) is 16.2 Å². The van der Waals surface area contributed by atoms with Crippen LogP contribution in [0.4, 0.5) is 5.69 Å². The molecule has 4 N–H and O–H groups in total. The first-order chi connectivity index (χ1) is 16.2. The van der Waals surface area contributed by atoms with Gasteiger partial charge in [0.1, 0.15) is 0 Å². The molecule has 0 aromatic heterocycles. The quantitative estimate of drug-likeness (QED) is 0.259. The maximum absolute atomic E-state index is 12.0. The van der Waals surface area contributed by atoms with Crippen LogP contribution in [0.1, 0.15) is 29.5 Å². The molecule has 3 amide bonds. The number of carbonyl (C=O) groups excluding carboxylic acids is 3. The maximum atomic E-state index is 12.0. The van der Waals surface area contributed by atoms with Gasteiger partial charge in [-0.1, -0.05) is 12.1 Å². The lowest BCUT2D eigenvalue weighted by Gasteiger charge is -2.10. The van der Waals surface area contributed by atoms with Crippen LogP contribution >= 0.6 is 12.2 Å². The molecule has 0 aliphatic heterocycles. The standard InChI is InChI=1S/C24H28N4O5S/c1-15-5-8-18(13-16(15)2)25-21(29)11-12-23(31)27-28-24(34)26-22(30)10-7-17-6-9-19(32-3)20(14-17)33-4/h5-10,13-14H,11-12H2,1-4H3,(H,25,29)(H,27,31)(H2,26,28,30,34). The van der Waals surface area contributed by atoms with Gasteiger partial charge in [-0.25, -0.2) is 0 Å². The van der Waals surface area contributed by atoms with Gasteiger partial charge >= 0.3 is 0 Å². The molecule has 0 radical (unpaired) electrons. The first-order valence-electron chi connectivity index (χ1n) is 10.4. The van der Waals surface area contributed by atoms with E-state index in [1.54, 1.807) is 24.3 Å². The second-order valence-corrected chi connectivity index (χ2v) is 7.69. The number of carbonyl (C=O) groups is 3. The zero-order valence-corrected chi connectivity index (χ0v) is 20.3. The highest BCUT2D eigenvalue weighted by Crippen LogP contribution is 2.27. The van der Waals surface area contributed by atoms with Gasteiger partial charge in [-0.3, -0.25) is 30.6 Å². The number of anilines is 1. The van der Waals surface area contributed by atoms with Gasteiger partial charge in [-0.15, -0.1) is 0 Å². The third kappa shape index (κ3) is 8.55. The SMILES string of the molecule is COc1ccc(C=CC(=O)NC(=S)NNC(=O)CCC(=O)Nc2ccc(C)c(C)c2)cc1OC. The van der Waals surface area contributed by atoms with Gasteiger partial charge in [-0.05, 0) is 73.1 Å². The van der Waals surface area contributed by atoms with E-state index >= 15 is 0 Å². The van der Waals surface area contributed by atoms with Crippen molar-refractivity contribution in [3.05, 3.63) is 59.2 Å². The third-order valence-corrected chi connectivity index (χ3v) is 4.96. The van der Waals surface area contributed by atoms with E-state index in [9.17, 15) is 14.4 Å². The molecule has 0 heterocycles. The summed E-state index contributed by atoms with van der Waals surface area (Å²) < 4.78 is 10.4. The van der Waals surface area contributed by atoms with Gasteiger partial charge in [-0.2, -0.15) is 0 Å². The Hall–Kier alpha value is -3.92. The molecule has 0 spiro atoms. The summed E-state index contributed by atoms with van der Waals surface area (Å²) in [7, 11) is 3.06. The topological polar surface area (TPSA) is 118 Å². The highest BCUT2D eigenvalue weighted by molar-refractivity contribution is 7.80. The first kappa shape index (κ1) is 26.3. The van der Waals surface area contributed by atoms with Gasteiger partial charge in [0.25, 0.3) is 0 Å². The Bertz CT molecular complexity index is 1100. The van der Waals surface area contributed by atoms with E-state index in [2.05, 4.69) is 21.5 Å². The minimum absolute atomic E-state index is 0.00633. The van der Waals surface area contributed by atoms with E-state index in [1.165, 1.54) is 20.3 Å². The summed E-state index contributed by atoms with van der Waals surface area (Å²) in [4.78, 5) is 36.0. The van der Waals surface area contributed by atoms with E-state index in [0.717, 1.165) is 16.7 Å². The van der Waals surface area contributed by atoms with Crippen molar-refractivity contribution >= 4 is 46.8 Å². The summed E-state index contributed by atoms with van der Waals surface area (Å²) in [5, 5.41) is 5.07. The largest absolute Gasteiger partial charge is 0.493 e. The molecule has 0 aliphatic rings. The van der Waals surface area contributed by atoms with Crippen molar-refractivity contribution in [2.75, 3.05) is 19.5 Å². The highest BCUT2D eigenvalue weighted by Gasteiger charge is 2.09. The normalized spacial score (nSPS) is 10.4. The molecule has 0 atom stereocenters. The summed E-state index contributed by atoms with van der Waals surface area (Å²) in [6.45, 7) is 3.94. The van der Waals surface area contributed by atoms with Crippen LogP contribution < -0.4 is 31.0 Å². The minimum Gasteiger partial charge on any atom is -0.493 e. The number of benzene rings is 2. The fraction of sp³-hybridized carbons (Fsp3) is 0.250. The van der Waals surface area contributed by atoms with Gasteiger partial charge in [0, 0.05) is 24.6 Å². The van der Waals surface area contributed by atoms with Crippen LogP contribution in [0, 0.1) is 13.8 Å². The van der Waals surface area contributed by atoms with Crippen LogP contribution in [0.5, 0.6) is 11.5 Å². The van der Waals surface area contributed by atoms with E-state index in [1.807, 2.05) is 32.0 Å². The van der Waals surface area contributed by atoms with Crippen molar-refractivity contribution in [2.45, 2.75) is 26.7 Å². The van der Waals surface area contributed by atoms with Crippen LogP contribution in [0.3, 0.4) is 0 Å². The molecule has 0 saturated heterocycles. The van der Waals surface area contributed by atoms with Crippen molar-refractivity contribution in [3.63, 3.8) is 0 Å². The number of ether oxygens (including phenoxy) is 2. The van der Waals surface area contributed by atoms with Crippen molar-refractivity contribution < 1.29 is 23.9 Å². The molecule has 0 bridgehead atoms. The summed E-state index contributed by atoms with van der Waals surface area (Å²) in [6.07, 6.45) is 2.80. The van der Waals surface area contributed by atoms with Gasteiger partial charge < -0.3 is 14.8 Å². The Morgan fingerprint density at radius 1 is 0.882 bits per heavy atom. The molecule has 0 aliphatic carbocycles. The first-order valence-corrected chi connectivity index (χ1v) is 10.8. The Labute approximate surface area is 203 Å². The van der Waals surface area contributed by atoms with Crippen molar-refractivity contribution in [2.24, 2.45) is 0 Å². The molecule has 0 fully saturated rings. The average Bonchev–Trinajstić information content (AvgIpc) is 2.82. The molecule has 180 valence electrons. The number of amides is 3. The van der Waals surface area contributed by atoms with Gasteiger partial charge in [0.05, 0.1) is 14.2 Å². The van der Waals surface area contributed by atoms with Crippen LogP contribution in [-0.4, -0.2) is 37.1 Å². The smallest absolute Gasteiger partial charge is 0.250 e. The molecular formula is C24H28N4O5S. The molecule has 10 heteroatoms. The highest BCUT2D eigenvalue weighted by atomic mass is 32.1. The number of aryl methyl sites for hydroxylation is 2. The summed E-state index contributed by atoms with van der Waals surface area (Å²) >= 11 is 4.99. The van der Waals surface area contributed by atoms with E-state index < -0.39 is 11.8 Å². The average molecular weight is 485 g/mol. The molecule has 2 rings (SSSR count). The Morgan fingerprint density at radius 2 is 1.59 bits per heavy atom. The van der Waals surface area contributed by atoms with E-state index in [0.29, 0.717) is 17.2 Å². The van der Waals surface area contributed by atoms with Crippen LogP contribution in [0.15, 0.2) is 42.5 Å². The lowest BCUT2D eigenvalue weighted by Crippen LogP contribution is -2.48. The van der Waals surface area contributed by atoms with E-state index in [4.69, 9.17) is 21.7 Å². The predicted octanol–water partition coefficient (Wildman–Crippen LogP) is 2.77. The monoisotopic (exact) mass is 484 g/mol. The van der Waals surface area contributed by atoms with Crippen molar-refractivity contribution in [3.8, 4) is 11.5 Å². The number of methoxy groups -OCH3 is 2. The summed E-state index contributed by atoms with van der Waals surface area (Å²) in [5.41, 5.74) is 8.37. The molecule has 0 unspecified atom stereocenters. The number of thiocarbonyl (C=S) groups is 1. The van der Waals surface area contributed by atoms with Crippen LogP contribution in [-0.2, 0) is 14.4 Å². The second-order valence-electron chi connectivity index (χ2n) is 7.29. The minimum atomic E-state index is -0.491. The van der Waals surface area contributed by atoms with Crippen LogP contribution in [0.2, 0.25) is 0 Å². The molecule has 9 nitrogen and oxygen atoms in total. The fourth-order valence-corrected chi connectivity index (χ4v) is 2.92. The maximum Gasteiger partial charge on any atom is 0.250 e. The molecular weight excluding hydrogens is 456 g/mol. The zero-order valence-electron chi connectivity index (χ0n) is 19.5. The Kier molecular flexibility index (Phi) is 10.0. The van der Waals surface area contributed by atoms with Gasteiger partial charge in [0.15, 0.2) is 16.6 Å². The summed E-state index contributed by atoms with van der Waals surface area (Å²) in [5.74, 6) is -0.114. The Morgan fingerprint density at radius 3 is 2.26 bits per heavy atom. The molecule has 2 aromatic carbocycles. The fourth-order valence-electron chi connectivity index (χ4n) is 2.77. The summed E-state index contributed by atoms with van der Waals surface area (Å²) in [6, 6.07) is 10.8. The van der Waals surface area contributed by atoms with Crippen LogP contribution in [0.25, 0.3) is 6.08 Å². The van der Waals surface area contributed by atoms with Gasteiger partial charge in [0.2, 0.25) is 17.7 Å². The predicted molar refractivity (Wildman–Crippen MR) is 134 cm³/mol. The van der Waals surface area contributed by atoms with E-state index in [-0.39, 0.29) is 23.9 Å². The number of nitrogens with one attached hydrogen (secondary N) is 4. The lowest BCUT2D eigenvalue weighted by atomic mass is 10.1. The zero-order chi connectivity index (χ0) is 25.1. The molecule has 2 aromatic rings. The lowest BCUT2D eigenvalue weighted by molar-refractivity contribution is -0.124. The van der Waals surface area contributed by atoms with Crippen molar-refractivity contribution in [1.29, 1.82) is 0 Å². The number of hydrogen-bond acceptors (Lipinski definition) is 6. The molecule has 0 saturated carbocycles. The number of hydrogen-bond donors (Lipinski definition) is 4. The number of rotatable bonds is 8. The second kappa shape index (κ2) is 12.9. The Balaban J connectivity index is 1.71.